The number of rotatable bonds is 9. The quantitative estimate of drug-likeness (QED) is 0.193. The molecule has 1 aliphatic rings. The van der Waals surface area contributed by atoms with Crippen molar-refractivity contribution in [1.82, 2.24) is 39.6 Å². The first-order valence-electron chi connectivity index (χ1n) is 14.8. The van der Waals surface area contributed by atoms with E-state index >= 15 is 0 Å². The lowest BCUT2D eigenvalue weighted by Crippen LogP contribution is -2.38. The molecule has 1 saturated heterocycles. The summed E-state index contributed by atoms with van der Waals surface area (Å²) >= 11 is 6.97. The molecule has 7 rings (SSSR count). The highest BCUT2D eigenvalue weighted by Gasteiger charge is 2.32. The number of nitrogens with one attached hydrogen (secondary N) is 1. The summed E-state index contributed by atoms with van der Waals surface area (Å²) in [6.45, 7) is 0.534. The minimum atomic E-state index is -3.82. The third-order valence-corrected chi connectivity index (χ3v) is 12.0. The normalized spacial score (nSPS) is 14.4. The first-order chi connectivity index (χ1) is 23.5. The summed E-state index contributed by atoms with van der Waals surface area (Å²) in [5.74, 6) is -2.65. The highest BCUT2D eigenvalue weighted by atomic mass is 35.5. The van der Waals surface area contributed by atoms with Gasteiger partial charge < -0.3 is 15.5 Å². The minimum Gasteiger partial charge on any atom is -0.478 e. The van der Waals surface area contributed by atoms with Gasteiger partial charge >= 0.3 is 11.9 Å². The first kappa shape index (κ1) is 32.3. The van der Waals surface area contributed by atoms with Gasteiger partial charge in [-0.1, -0.05) is 22.0 Å². The Kier molecular flexibility index (Phi) is 8.35. The molecule has 6 aromatic rings. The van der Waals surface area contributed by atoms with Crippen molar-refractivity contribution >= 4 is 72.9 Å². The number of halogens is 1. The van der Waals surface area contributed by atoms with Crippen molar-refractivity contribution < 1.29 is 33.0 Å². The van der Waals surface area contributed by atoms with E-state index in [-0.39, 0.29) is 52.6 Å². The van der Waals surface area contributed by atoms with Crippen LogP contribution in [0.5, 0.6) is 0 Å². The Bertz CT molecular complexity index is 2380. The zero-order valence-electron chi connectivity index (χ0n) is 25.2. The van der Waals surface area contributed by atoms with Crippen molar-refractivity contribution in [2.75, 3.05) is 13.1 Å². The number of carbonyl (C=O) groups excluding carboxylic acids is 1. The second-order valence-electron chi connectivity index (χ2n) is 11.3. The Morgan fingerprint density at radius 3 is 2.27 bits per heavy atom. The third kappa shape index (κ3) is 6.12. The fraction of sp³-hybridized carbons (Fsp3) is 0.194. The second-order valence-corrected chi connectivity index (χ2v) is 15.0. The van der Waals surface area contributed by atoms with Crippen molar-refractivity contribution in [3.8, 4) is 5.69 Å². The number of aromatic nitrogens is 6. The molecule has 3 aromatic carbocycles. The molecule has 4 heterocycles. The van der Waals surface area contributed by atoms with E-state index in [1.807, 2.05) is 0 Å². The standard InChI is InChI=1S/C31H25ClN8O7S2/c32-20-4-1-17(2-5-20)29(41)33-16-22-6-8-27(48-22)49(46,47)38-11-9-21(10-12-38)39-25-14-19(31(44)45)15-26(28(25)35-37-39)40-24-13-18(30(42)43)3-7-23(24)34-36-40/h1-8,13-15,21H,9-12,16H2,(H,33,41)(H,42,43)(H,44,45). The molecular weight excluding hydrogens is 696 g/mol. The molecule has 1 amide bonds. The van der Waals surface area contributed by atoms with Crippen LogP contribution in [0.3, 0.4) is 0 Å². The molecule has 18 heteroatoms. The number of hydrogen-bond acceptors (Lipinski definition) is 10. The zero-order valence-corrected chi connectivity index (χ0v) is 27.6. The van der Waals surface area contributed by atoms with E-state index in [0.29, 0.717) is 50.4 Å². The number of carboxylic acid groups (broad SMARTS) is 2. The Hall–Kier alpha value is -5.23. The van der Waals surface area contributed by atoms with Gasteiger partial charge in [0.05, 0.1) is 40.4 Å². The van der Waals surface area contributed by atoms with Crippen LogP contribution in [0, 0.1) is 0 Å². The molecule has 1 aliphatic heterocycles. The molecule has 0 unspecified atom stereocenters. The maximum atomic E-state index is 13.6. The molecule has 3 aromatic heterocycles. The highest BCUT2D eigenvalue weighted by Crippen LogP contribution is 2.33. The van der Waals surface area contributed by atoms with Crippen molar-refractivity contribution in [1.29, 1.82) is 0 Å². The third-order valence-electron chi connectivity index (χ3n) is 8.26. The van der Waals surface area contributed by atoms with Gasteiger partial charge in [0, 0.05) is 28.6 Å². The average Bonchev–Trinajstić information content (AvgIpc) is 3.86. The maximum absolute atomic E-state index is 13.6. The van der Waals surface area contributed by atoms with Crippen LogP contribution in [0.4, 0.5) is 0 Å². The van der Waals surface area contributed by atoms with Gasteiger partial charge in [0.2, 0.25) is 0 Å². The lowest BCUT2D eigenvalue weighted by molar-refractivity contribution is 0.0686. The lowest BCUT2D eigenvalue weighted by Gasteiger charge is -2.31. The largest absolute Gasteiger partial charge is 0.478 e. The average molecular weight is 721 g/mol. The molecule has 250 valence electrons. The van der Waals surface area contributed by atoms with Crippen LogP contribution >= 0.6 is 22.9 Å². The van der Waals surface area contributed by atoms with Crippen molar-refractivity contribution in [2.24, 2.45) is 0 Å². The lowest BCUT2D eigenvalue weighted by atomic mass is 10.1. The minimum absolute atomic E-state index is 0.00625. The summed E-state index contributed by atoms with van der Waals surface area (Å²) in [5, 5.41) is 39.6. The number of carbonyl (C=O) groups is 3. The topological polar surface area (TPSA) is 202 Å². The molecule has 0 bridgehead atoms. The molecule has 3 N–H and O–H groups in total. The summed E-state index contributed by atoms with van der Waals surface area (Å²) in [4.78, 5) is 36.9. The Morgan fingerprint density at radius 2 is 1.55 bits per heavy atom. The summed E-state index contributed by atoms with van der Waals surface area (Å²) in [5.41, 5.74) is 2.10. The first-order valence-corrected chi connectivity index (χ1v) is 17.5. The fourth-order valence-electron chi connectivity index (χ4n) is 5.72. The predicted octanol–water partition coefficient (Wildman–Crippen LogP) is 4.23. The molecule has 1 fully saturated rings. The van der Waals surface area contributed by atoms with E-state index in [9.17, 15) is 33.0 Å². The van der Waals surface area contributed by atoms with Crippen molar-refractivity contribution in [3.05, 3.63) is 93.3 Å². The second kappa shape index (κ2) is 12.7. The Balaban J connectivity index is 1.09. The number of piperidine rings is 1. The van der Waals surface area contributed by atoms with Gasteiger partial charge in [-0.2, -0.15) is 4.31 Å². The van der Waals surface area contributed by atoms with Gasteiger partial charge in [0.15, 0.2) is 0 Å². The SMILES string of the molecule is O=C(O)c1ccc2nnn(-c3cc(C(=O)O)cc4c3nnn4C3CCN(S(=O)(=O)c4ccc(CNC(=O)c5ccc(Cl)cc5)s4)CC3)c2c1. The molecule has 0 spiro atoms. The number of aromatic carboxylic acids is 2. The molecular formula is C31H25ClN8O7S2. The number of benzene rings is 3. The number of thiophene rings is 1. The van der Waals surface area contributed by atoms with Crippen LogP contribution in [0.15, 0.2) is 70.9 Å². The maximum Gasteiger partial charge on any atom is 0.335 e. The monoisotopic (exact) mass is 720 g/mol. The van der Waals surface area contributed by atoms with Crippen LogP contribution in [0.25, 0.3) is 27.8 Å². The van der Waals surface area contributed by atoms with Crippen molar-refractivity contribution in [2.45, 2.75) is 29.6 Å². The van der Waals surface area contributed by atoms with Crippen LogP contribution < -0.4 is 5.32 Å². The van der Waals surface area contributed by atoms with Gasteiger partial charge in [0.1, 0.15) is 15.2 Å². The molecule has 0 atom stereocenters. The Labute approximate surface area is 286 Å². The molecule has 0 aliphatic carbocycles. The van der Waals surface area contributed by atoms with Gasteiger partial charge in [-0.15, -0.1) is 21.5 Å². The van der Waals surface area contributed by atoms with Crippen LogP contribution in [-0.2, 0) is 16.6 Å². The van der Waals surface area contributed by atoms with E-state index in [1.165, 1.54) is 45.4 Å². The van der Waals surface area contributed by atoms with Gasteiger partial charge in [-0.3, -0.25) is 4.79 Å². The molecule has 0 saturated carbocycles. The van der Waals surface area contributed by atoms with Gasteiger partial charge in [-0.05, 0) is 79.6 Å². The summed E-state index contributed by atoms with van der Waals surface area (Å²) in [6, 6.07) is 16.5. The molecule has 49 heavy (non-hydrogen) atoms. The van der Waals surface area contributed by atoms with E-state index in [1.54, 1.807) is 35.0 Å². The fourth-order valence-corrected chi connectivity index (χ4v) is 8.77. The van der Waals surface area contributed by atoms with Gasteiger partial charge in [0.25, 0.3) is 15.9 Å². The van der Waals surface area contributed by atoms with Crippen LogP contribution in [-0.4, -0.2) is 83.9 Å². The zero-order chi connectivity index (χ0) is 34.4. The van der Waals surface area contributed by atoms with Gasteiger partial charge in [-0.25, -0.2) is 27.4 Å². The van der Waals surface area contributed by atoms with E-state index in [2.05, 4.69) is 25.9 Å². The predicted molar refractivity (Wildman–Crippen MR) is 178 cm³/mol. The molecule has 15 nitrogen and oxygen atoms in total. The number of hydrogen-bond donors (Lipinski definition) is 3. The summed E-state index contributed by atoms with van der Waals surface area (Å²) in [6.07, 6.45) is 0.766. The van der Waals surface area contributed by atoms with Crippen LogP contribution in [0.1, 0.15) is 54.8 Å². The van der Waals surface area contributed by atoms with E-state index in [0.717, 1.165) is 11.3 Å². The van der Waals surface area contributed by atoms with E-state index in [4.69, 9.17) is 11.6 Å². The Morgan fingerprint density at radius 1 is 0.857 bits per heavy atom. The van der Waals surface area contributed by atoms with Crippen LogP contribution in [0.2, 0.25) is 5.02 Å². The smallest absolute Gasteiger partial charge is 0.335 e. The molecule has 0 radical (unpaired) electrons. The number of carboxylic acids is 2. The number of nitrogens with zero attached hydrogens (tertiary/aromatic N) is 7. The number of sulfonamides is 1. The summed E-state index contributed by atoms with van der Waals surface area (Å²) < 4.78 is 31.6. The van der Waals surface area contributed by atoms with Crippen molar-refractivity contribution in [3.63, 3.8) is 0 Å². The number of amides is 1. The highest BCUT2D eigenvalue weighted by molar-refractivity contribution is 7.91. The summed E-state index contributed by atoms with van der Waals surface area (Å²) in [7, 11) is -3.82. The van der Waals surface area contributed by atoms with E-state index < -0.39 is 22.0 Å². The number of fused-ring (bicyclic) bond motifs is 2.